The van der Waals surface area contributed by atoms with E-state index in [1.54, 1.807) is 6.08 Å². The van der Waals surface area contributed by atoms with E-state index in [4.69, 9.17) is 17.4 Å². The van der Waals surface area contributed by atoms with Gasteiger partial charge in [0.05, 0.1) is 4.90 Å². The van der Waals surface area contributed by atoms with Gasteiger partial charge in [0.2, 0.25) is 12.0 Å². The molecule has 0 spiro atoms. The number of hydroxylamine groups is 4. The Balaban J connectivity index is 1.48. The predicted molar refractivity (Wildman–Crippen MR) is 249 cm³/mol. The van der Waals surface area contributed by atoms with Gasteiger partial charge in [0, 0.05) is 19.3 Å². The second-order valence-corrected chi connectivity index (χ2v) is 23.1. The number of halogens is 1. The summed E-state index contributed by atoms with van der Waals surface area (Å²) in [6.45, 7) is 7.25. The molecule has 3 heterocycles. The summed E-state index contributed by atoms with van der Waals surface area (Å²) in [5, 5.41) is 4.70. The Morgan fingerprint density at radius 2 is 1.75 bits per heavy atom. The zero-order chi connectivity index (χ0) is 48.0. The number of nitrogens with zero attached hydrogens (tertiary/aromatic N) is 4. The molecule has 358 valence electrons. The number of allylic oxidation sites excluding steroid dienone is 9. The number of anilines is 1. The van der Waals surface area contributed by atoms with E-state index in [0.29, 0.717) is 49.5 Å². The van der Waals surface area contributed by atoms with Crippen LogP contribution in [0.2, 0.25) is 0 Å². The molecule has 3 aliphatic heterocycles. The summed E-state index contributed by atoms with van der Waals surface area (Å²) in [5.74, 6) is -2.40. The van der Waals surface area contributed by atoms with Crippen molar-refractivity contribution in [3.05, 3.63) is 93.4 Å². The van der Waals surface area contributed by atoms with Crippen molar-refractivity contribution >= 4 is 67.5 Å². The van der Waals surface area contributed by atoms with Gasteiger partial charge < -0.3 is 9.39 Å². The van der Waals surface area contributed by atoms with Gasteiger partial charge in [-0.05, 0) is 31.0 Å². The van der Waals surface area contributed by atoms with Crippen LogP contribution in [0, 0.1) is 5.41 Å². The molecule has 2 unspecified atom stereocenters. The predicted octanol–water partition coefficient (Wildman–Crippen LogP) is 2.74. The van der Waals surface area contributed by atoms with Crippen LogP contribution >= 0.6 is 12.0 Å². The molecule has 3 aliphatic rings. The standard InChI is InChI=1S/C44H60IN5O12S3/c1-43(2)34-30-33(63-55)20-21-35(34)49(26-14-10-13-19-41(53)62-50-39(51)22-23-40(50)52)38(43)18-12-9-7-8-11-17-37-44(3,24-15-28-65(58,59)60)36(45-47-37)29-32(42(54)48(4)61-5)31-46-25-16-27-64(6,56)57/h7-9,11-12,17-18,20-21,29-31,46,55H,10,13-16,19,22-28H2,1-6H3,(H,56,57)(H,58,59,60)/p+1/b8-7+,12-9+,17-11+,32-31+,36-29-,38-18+. The van der Waals surface area contributed by atoms with Gasteiger partial charge in [-0.2, -0.15) is 0 Å². The van der Waals surface area contributed by atoms with Crippen LogP contribution in [-0.4, -0.2) is 107 Å². The molecule has 0 aliphatic carbocycles. The molecule has 0 aromatic heterocycles. The van der Waals surface area contributed by atoms with Crippen molar-refractivity contribution in [2.24, 2.45) is 8.62 Å². The van der Waals surface area contributed by atoms with E-state index in [9.17, 15) is 40.9 Å². The van der Waals surface area contributed by atoms with E-state index in [1.807, 2.05) is 61.6 Å². The van der Waals surface area contributed by atoms with Gasteiger partial charge in [-0.1, -0.05) is 6.42 Å². The Bertz CT molecular complexity index is 2300. The molecule has 1 saturated heterocycles. The van der Waals surface area contributed by atoms with Crippen LogP contribution < -0.4 is 31.7 Å². The van der Waals surface area contributed by atoms with Crippen molar-refractivity contribution in [3.8, 4) is 0 Å². The molecule has 1 aromatic carbocycles. The van der Waals surface area contributed by atoms with Gasteiger partial charge in [0.25, 0.3) is 11.8 Å². The maximum absolute atomic E-state index is 13.3. The summed E-state index contributed by atoms with van der Waals surface area (Å²) in [4.78, 5) is 62.5. The third-order valence-electron chi connectivity index (χ3n) is 11.0. The number of hydrogen-bond acceptors (Lipinski definition) is 13. The number of fused-ring (bicyclic) bond motifs is 1. The number of benzene rings is 1. The Morgan fingerprint density at radius 3 is 2.42 bits per heavy atom. The zero-order valence-corrected chi connectivity index (χ0v) is 42.2. The molecule has 2 atom stereocenters. The molecule has 0 bridgehead atoms. The summed E-state index contributed by atoms with van der Waals surface area (Å²) in [5.41, 5.74) is 3.06. The first kappa shape index (κ1) is 53.6. The van der Waals surface area contributed by atoms with Gasteiger partial charge in [0.1, 0.15) is 0 Å². The van der Waals surface area contributed by atoms with Gasteiger partial charge in [-0.3, -0.25) is 9.59 Å². The minimum absolute atomic E-state index is 0.0446. The van der Waals surface area contributed by atoms with Crippen LogP contribution in [0.1, 0.15) is 84.1 Å². The molecule has 4 rings (SSSR count). The second kappa shape index (κ2) is 24.2. The molecule has 3 amide bonds. The Morgan fingerprint density at radius 1 is 1.06 bits per heavy atom. The Hall–Kier alpha value is -3.97. The van der Waals surface area contributed by atoms with E-state index in [1.165, 1.54) is 26.6 Å². The SMILES string of the molecule is CON(C)C(=O)C(/C=C1\[I-]N=C(/C=C/C=C/C=C/C=C2/N(CCCCCC(=O)ON3C(=O)CCC3=O)c3ccc(S[OH2+])cc3C2(C)C)C1(C)CCCS(=O)(=O)O)=C/NCCC[S+](C)(=O)O. The molecule has 5 N–H and O–H groups in total. The van der Waals surface area contributed by atoms with Crippen LogP contribution in [0.25, 0.3) is 0 Å². The number of rotatable bonds is 24. The molecule has 21 heteroatoms. The first-order chi connectivity index (χ1) is 30.6. The van der Waals surface area contributed by atoms with Crippen LogP contribution in [0.4, 0.5) is 5.69 Å². The van der Waals surface area contributed by atoms with Crippen molar-refractivity contribution in [1.29, 1.82) is 0 Å². The van der Waals surface area contributed by atoms with E-state index >= 15 is 0 Å². The molecular weight excluding hydrogens is 1010 g/mol. The summed E-state index contributed by atoms with van der Waals surface area (Å²) in [6.07, 6.45) is 21.0. The average molecular weight is 1080 g/mol. The number of nitrogens with one attached hydrogen (secondary N) is 1. The van der Waals surface area contributed by atoms with Gasteiger partial charge >= 0.3 is 286 Å². The Kier molecular flexibility index (Phi) is 19.9. The average Bonchev–Trinajstić information content (AvgIpc) is 3.80. The number of carbonyl (C=O) groups excluding carboxylic acids is 4. The van der Waals surface area contributed by atoms with E-state index in [-0.39, 0.29) is 42.4 Å². The number of carbonyl (C=O) groups is 4. The number of unbranched alkanes of at least 4 members (excludes halogenated alkanes) is 2. The Labute approximate surface area is 397 Å². The maximum atomic E-state index is 13.3. The molecule has 0 saturated carbocycles. The number of amides is 3. The fourth-order valence-corrected chi connectivity index (χ4v) is 11.6. The van der Waals surface area contributed by atoms with Crippen LogP contribution in [0.5, 0.6) is 0 Å². The second-order valence-electron chi connectivity index (χ2n) is 16.4. The third kappa shape index (κ3) is 15.5. The van der Waals surface area contributed by atoms with E-state index in [2.05, 4.69) is 30.1 Å². The quantitative estimate of drug-likeness (QED) is 0.0156. The van der Waals surface area contributed by atoms with Crippen LogP contribution in [-0.2, 0) is 58.8 Å². The van der Waals surface area contributed by atoms with Crippen LogP contribution in [0.3, 0.4) is 0 Å². The molecule has 0 radical (unpaired) electrons. The first-order valence-electron chi connectivity index (χ1n) is 21.0. The third-order valence-corrected chi connectivity index (χ3v) is 16.1. The number of likely N-dealkylation sites (N-methyl/N-ethyl adjacent to an activating group) is 1. The summed E-state index contributed by atoms with van der Waals surface area (Å²) < 4.78 is 67.8. The van der Waals surface area contributed by atoms with Gasteiger partial charge in [-0.25, -0.2) is 4.79 Å². The molecule has 65 heavy (non-hydrogen) atoms. The molecule has 1 aromatic rings. The normalized spacial score (nSPS) is 21.2. The first-order valence-corrected chi connectivity index (χ1v) is 27.6. The van der Waals surface area contributed by atoms with Crippen LogP contribution in [0.15, 0.2) is 96.0 Å². The van der Waals surface area contributed by atoms with Crippen molar-refractivity contribution in [1.82, 2.24) is 15.4 Å². The molecule has 1 fully saturated rings. The van der Waals surface area contributed by atoms with Gasteiger partial charge in [0.15, 0.2) is 0 Å². The van der Waals surface area contributed by atoms with Crippen molar-refractivity contribution in [3.63, 3.8) is 0 Å². The van der Waals surface area contributed by atoms with Crippen molar-refractivity contribution in [2.75, 3.05) is 49.9 Å². The minimum atomic E-state index is -4.21. The van der Waals surface area contributed by atoms with Crippen molar-refractivity contribution < 1.29 is 76.6 Å². The van der Waals surface area contributed by atoms with Gasteiger partial charge in [-0.15, -0.1) is 5.06 Å². The molecular formula is C44H61IN5O12S3+. The number of hydrogen-bond donors (Lipinski definition) is 3. The monoisotopic (exact) mass is 1070 g/mol. The van der Waals surface area contributed by atoms with E-state index in [0.717, 1.165) is 48.9 Å². The van der Waals surface area contributed by atoms with E-state index < -0.39 is 76.7 Å². The van der Waals surface area contributed by atoms with Crippen molar-refractivity contribution in [2.45, 2.75) is 88.9 Å². The summed E-state index contributed by atoms with van der Waals surface area (Å²) in [7, 11) is -4.27. The number of imide groups is 1. The molecule has 17 nitrogen and oxygen atoms in total. The fraction of sp³-hybridized carbons (Fsp3) is 0.477. The summed E-state index contributed by atoms with van der Waals surface area (Å²) >= 11 is -0.0464. The fourth-order valence-electron chi connectivity index (χ4n) is 7.31. The zero-order valence-electron chi connectivity index (χ0n) is 37.6. The topological polar surface area (TPSA) is 235 Å². The summed E-state index contributed by atoms with van der Waals surface area (Å²) in [6, 6.07) is 6.01.